The molecular weight excluding hydrogens is 863 g/mol. The van der Waals surface area contributed by atoms with Crippen molar-refractivity contribution in [1.82, 2.24) is 50.2 Å². The maximum atomic E-state index is 14.2. The van der Waals surface area contributed by atoms with Crippen LogP contribution in [0.5, 0.6) is 0 Å². The van der Waals surface area contributed by atoms with Crippen molar-refractivity contribution in [3.05, 3.63) is 53.0 Å². The van der Waals surface area contributed by atoms with Crippen LogP contribution >= 0.6 is 0 Å². The molecule has 6 fully saturated rings. The molecule has 17 nitrogen and oxygen atoms in total. The van der Waals surface area contributed by atoms with Gasteiger partial charge in [0.15, 0.2) is 0 Å². The van der Waals surface area contributed by atoms with Crippen molar-refractivity contribution in [2.75, 3.05) is 83.7 Å². The summed E-state index contributed by atoms with van der Waals surface area (Å²) in [5.74, 6) is 2.86. The van der Waals surface area contributed by atoms with Gasteiger partial charge in [-0.25, -0.2) is 19.6 Å². The molecule has 5 saturated heterocycles. The third-order valence-corrected chi connectivity index (χ3v) is 16.3. The van der Waals surface area contributed by atoms with Crippen LogP contribution in [0.15, 0.2) is 24.5 Å². The van der Waals surface area contributed by atoms with Gasteiger partial charge in [0.25, 0.3) is 0 Å². The van der Waals surface area contributed by atoms with Crippen LogP contribution in [0.1, 0.15) is 150 Å². The van der Waals surface area contributed by atoms with Gasteiger partial charge in [0, 0.05) is 81.4 Å². The lowest BCUT2D eigenvalue weighted by atomic mass is 9.65. The molecule has 6 amide bonds. The number of urea groups is 2. The highest BCUT2D eigenvalue weighted by atomic mass is 16.5. The van der Waals surface area contributed by atoms with Gasteiger partial charge in [0.1, 0.15) is 23.7 Å². The Bertz CT molecular complexity index is 2280. The minimum atomic E-state index is -0.621. The van der Waals surface area contributed by atoms with Crippen LogP contribution in [0.2, 0.25) is 0 Å². The summed E-state index contributed by atoms with van der Waals surface area (Å²) in [5.41, 5.74) is 7.80. The average Bonchev–Trinajstić information content (AvgIpc) is 4.23. The zero-order chi connectivity index (χ0) is 47.1. The van der Waals surface area contributed by atoms with E-state index < -0.39 is 12.1 Å². The summed E-state index contributed by atoms with van der Waals surface area (Å²) < 4.78 is 10.9. The van der Waals surface area contributed by atoms with E-state index >= 15 is 0 Å². The number of anilines is 1. The van der Waals surface area contributed by atoms with Crippen molar-refractivity contribution in [3.8, 4) is 11.3 Å². The first-order valence-corrected chi connectivity index (χ1v) is 25.9. The van der Waals surface area contributed by atoms with Gasteiger partial charge in [0.05, 0.1) is 50.4 Å². The van der Waals surface area contributed by atoms with E-state index in [0.29, 0.717) is 83.4 Å². The maximum absolute atomic E-state index is 14.2. The molecule has 4 atom stereocenters. The largest absolute Gasteiger partial charge is 0.378 e. The monoisotopic (exact) mass is 936 g/mol. The normalized spacial score (nSPS) is 25.3. The molecule has 8 aliphatic rings. The SMILES string of the molecule is CC(C)C(NC(=O)N1CCOCC1)C(=O)N1CCC[C@H]1c1ncc(-c2ccc(N3CCC(c4cnc([C@@H]5CCCN5C(=O)[C@@H](NC(=O)N5CCOCC5)C(C)C)[nH]4)CC3)c3c2C2CCC3CC2)[nH]1. The van der Waals surface area contributed by atoms with E-state index in [2.05, 4.69) is 37.6 Å². The van der Waals surface area contributed by atoms with Crippen LogP contribution in [0.3, 0.4) is 0 Å². The van der Waals surface area contributed by atoms with Gasteiger partial charge in [-0.15, -0.1) is 0 Å². The molecule has 4 N–H and O–H groups in total. The predicted molar refractivity (Wildman–Crippen MR) is 257 cm³/mol. The zero-order valence-electron chi connectivity index (χ0n) is 40.6. The van der Waals surface area contributed by atoms with Crippen LogP contribution in [0, 0.1) is 11.8 Å². The van der Waals surface area contributed by atoms with Crippen LogP contribution < -0.4 is 15.5 Å². The highest BCUT2D eigenvalue weighted by Crippen LogP contribution is 2.55. The average molecular weight is 936 g/mol. The third kappa shape index (κ3) is 9.21. The Morgan fingerprint density at radius 3 is 1.62 bits per heavy atom. The number of fused-ring (bicyclic) bond motifs is 2. The van der Waals surface area contributed by atoms with E-state index in [1.807, 2.05) is 49.9 Å². The number of likely N-dealkylation sites (tertiary alicyclic amines) is 2. The van der Waals surface area contributed by atoms with E-state index in [9.17, 15) is 19.2 Å². The summed E-state index contributed by atoms with van der Waals surface area (Å²) in [6.07, 6.45) is 14.3. The quantitative estimate of drug-likeness (QED) is 0.169. The molecular formula is C51H73N11O6. The van der Waals surface area contributed by atoms with Gasteiger partial charge in [-0.05, 0) is 105 Å². The molecule has 2 bridgehead atoms. The standard InChI is InChI=1S/C51H73N11O6/c1-31(2)44(56-50(65)59-21-25-67-26-22-59)48(63)61-17-5-7-40(61)46-52-29-37(54-46)33-15-19-58(20-16-33)39-14-13-36(42-34-9-11-35(12-10-34)43(39)42)38-30-53-47(55-38)41-8-6-18-62(41)49(64)45(32(3)4)57-51(66)60-23-27-68-28-24-60/h13-14,29-35,40-41,44-45H,5-12,15-28H2,1-4H3,(H,52,54)(H,53,55)(H,56,65)(H,57,66)/t34?,35?,40-,41-,44-,45?/m0/s1. The zero-order valence-corrected chi connectivity index (χ0v) is 40.6. The molecule has 68 heavy (non-hydrogen) atoms. The van der Waals surface area contributed by atoms with E-state index in [0.717, 1.165) is 74.7 Å². The molecule has 17 heteroatoms. The summed E-state index contributed by atoms with van der Waals surface area (Å²) in [6.45, 7) is 15.3. The van der Waals surface area contributed by atoms with Gasteiger partial charge in [-0.1, -0.05) is 33.8 Å². The summed E-state index contributed by atoms with van der Waals surface area (Å²) in [6, 6.07) is 2.73. The lowest BCUT2D eigenvalue weighted by molar-refractivity contribution is -0.136. The van der Waals surface area contributed by atoms with Crippen LogP contribution in [0.4, 0.5) is 15.3 Å². The fraction of sp³-hybridized carbons (Fsp3) is 0.686. The first-order chi connectivity index (χ1) is 33.0. The molecule has 1 saturated carbocycles. The summed E-state index contributed by atoms with van der Waals surface area (Å²) in [4.78, 5) is 81.9. The Hall–Kier alpha value is -5.16. The van der Waals surface area contributed by atoms with Gasteiger partial charge >= 0.3 is 12.1 Å². The second-order valence-corrected chi connectivity index (χ2v) is 21.1. The fourth-order valence-corrected chi connectivity index (χ4v) is 12.5. The first kappa shape index (κ1) is 46.6. The molecule has 3 aliphatic carbocycles. The Kier molecular flexibility index (Phi) is 13.7. The predicted octanol–water partition coefficient (Wildman–Crippen LogP) is 6.40. The number of imidazole rings is 2. The second kappa shape index (κ2) is 20.1. The smallest absolute Gasteiger partial charge is 0.318 e. The summed E-state index contributed by atoms with van der Waals surface area (Å²) in [7, 11) is 0. The van der Waals surface area contributed by atoms with Crippen LogP contribution in [-0.4, -0.2) is 154 Å². The number of amides is 6. The van der Waals surface area contributed by atoms with Crippen molar-refractivity contribution >= 4 is 29.6 Å². The molecule has 11 rings (SSSR count). The van der Waals surface area contributed by atoms with Gasteiger partial charge in [-0.2, -0.15) is 0 Å². The van der Waals surface area contributed by atoms with E-state index in [1.165, 1.54) is 48.1 Å². The number of aromatic amines is 2. The Morgan fingerprint density at radius 1 is 0.588 bits per heavy atom. The molecule has 0 spiro atoms. The molecule has 7 heterocycles. The number of carbonyl (C=O) groups excluding carboxylic acids is 4. The van der Waals surface area contributed by atoms with Gasteiger partial charge < -0.3 is 54.6 Å². The molecule has 5 aliphatic heterocycles. The van der Waals surface area contributed by atoms with Gasteiger partial charge in [-0.3, -0.25) is 9.59 Å². The van der Waals surface area contributed by atoms with Crippen molar-refractivity contribution in [3.63, 3.8) is 0 Å². The lowest BCUT2D eigenvalue weighted by Crippen LogP contribution is -2.55. The second-order valence-electron chi connectivity index (χ2n) is 21.1. The number of hydrogen-bond donors (Lipinski definition) is 4. The summed E-state index contributed by atoms with van der Waals surface area (Å²) >= 11 is 0. The molecule has 3 aromatic rings. The minimum absolute atomic E-state index is 0.0400. The Morgan fingerprint density at radius 2 is 1.09 bits per heavy atom. The van der Waals surface area contributed by atoms with Crippen molar-refractivity contribution in [2.24, 2.45) is 11.8 Å². The number of H-pyrrole nitrogens is 2. The van der Waals surface area contributed by atoms with Crippen molar-refractivity contribution < 1.29 is 28.7 Å². The van der Waals surface area contributed by atoms with E-state index in [1.54, 1.807) is 9.80 Å². The first-order valence-electron chi connectivity index (χ1n) is 25.9. The number of nitrogens with one attached hydrogen (secondary N) is 4. The maximum Gasteiger partial charge on any atom is 0.318 e. The number of ether oxygens (including phenoxy) is 2. The van der Waals surface area contributed by atoms with Crippen LogP contribution in [-0.2, 0) is 19.1 Å². The number of morpholine rings is 2. The summed E-state index contributed by atoms with van der Waals surface area (Å²) in [5, 5.41) is 6.13. The topological polar surface area (TPSA) is 184 Å². The van der Waals surface area contributed by atoms with Crippen molar-refractivity contribution in [2.45, 2.75) is 134 Å². The van der Waals surface area contributed by atoms with Crippen molar-refractivity contribution in [1.29, 1.82) is 0 Å². The van der Waals surface area contributed by atoms with Gasteiger partial charge in [0.2, 0.25) is 11.8 Å². The lowest BCUT2D eigenvalue weighted by Gasteiger charge is -2.44. The minimum Gasteiger partial charge on any atom is -0.378 e. The van der Waals surface area contributed by atoms with Crippen LogP contribution in [0.25, 0.3) is 11.3 Å². The Labute approximate surface area is 400 Å². The number of benzene rings is 1. The number of piperidine rings is 1. The number of aromatic nitrogens is 4. The number of nitrogens with zero attached hydrogens (tertiary/aromatic N) is 7. The highest BCUT2D eigenvalue weighted by molar-refractivity contribution is 5.89. The number of carbonyl (C=O) groups is 4. The Balaban J connectivity index is 0.808. The molecule has 1 aromatic carbocycles. The number of hydrogen-bond acceptors (Lipinski definition) is 9. The van der Waals surface area contributed by atoms with E-state index in [4.69, 9.17) is 19.4 Å². The highest BCUT2D eigenvalue weighted by Gasteiger charge is 2.42. The molecule has 0 radical (unpaired) electrons. The number of rotatable bonds is 11. The van der Waals surface area contributed by atoms with E-state index in [-0.39, 0.29) is 47.8 Å². The molecule has 368 valence electrons. The third-order valence-electron chi connectivity index (χ3n) is 16.3. The molecule has 1 unspecified atom stereocenters. The fourth-order valence-electron chi connectivity index (χ4n) is 12.5. The molecule has 2 aromatic heterocycles.